The SMILES string of the molecule is CCCCC(C)(C)CCC(C)CCO. The minimum Gasteiger partial charge on any atom is -0.396 e. The first-order valence-electron chi connectivity index (χ1n) is 6.12. The van der Waals surface area contributed by atoms with Gasteiger partial charge in [-0.2, -0.15) is 0 Å². The third-order valence-corrected chi connectivity index (χ3v) is 3.14. The highest BCUT2D eigenvalue weighted by atomic mass is 16.3. The van der Waals surface area contributed by atoms with Crippen molar-refractivity contribution in [1.29, 1.82) is 0 Å². The Morgan fingerprint density at radius 1 is 1.14 bits per heavy atom. The number of hydrogen-bond acceptors (Lipinski definition) is 1. The molecule has 0 fully saturated rings. The van der Waals surface area contributed by atoms with Gasteiger partial charge < -0.3 is 5.11 Å². The van der Waals surface area contributed by atoms with Crippen molar-refractivity contribution in [3.63, 3.8) is 0 Å². The summed E-state index contributed by atoms with van der Waals surface area (Å²) in [6.07, 6.45) is 7.52. The fraction of sp³-hybridized carbons (Fsp3) is 1.00. The molecule has 0 radical (unpaired) electrons. The summed E-state index contributed by atoms with van der Waals surface area (Å²) in [5.41, 5.74) is 0.500. The molecule has 0 aliphatic carbocycles. The second-order valence-electron chi connectivity index (χ2n) is 5.42. The van der Waals surface area contributed by atoms with Crippen molar-refractivity contribution in [3.05, 3.63) is 0 Å². The third-order valence-electron chi connectivity index (χ3n) is 3.14. The van der Waals surface area contributed by atoms with Gasteiger partial charge in [-0.1, -0.05) is 47.0 Å². The maximum atomic E-state index is 8.81. The molecule has 1 atom stereocenters. The van der Waals surface area contributed by atoms with Crippen LogP contribution < -0.4 is 0 Å². The minimum atomic E-state index is 0.344. The molecule has 0 aromatic carbocycles. The van der Waals surface area contributed by atoms with Crippen molar-refractivity contribution in [2.75, 3.05) is 6.61 Å². The first kappa shape index (κ1) is 14.0. The third kappa shape index (κ3) is 7.37. The second kappa shape index (κ2) is 7.28. The average molecular weight is 200 g/mol. The first-order valence-corrected chi connectivity index (χ1v) is 6.12. The molecule has 1 nitrogen and oxygen atoms in total. The highest BCUT2D eigenvalue weighted by Gasteiger charge is 2.17. The molecule has 0 spiro atoms. The van der Waals surface area contributed by atoms with E-state index in [1.54, 1.807) is 0 Å². The van der Waals surface area contributed by atoms with Crippen LogP contribution in [0.15, 0.2) is 0 Å². The van der Waals surface area contributed by atoms with Gasteiger partial charge in [0.15, 0.2) is 0 Å². The molecule has 14 heavy (non-hydrogen) atoms. The lowest BCUT2D eigenvalue weighted by Gasteiger charge is -2.26. The van der Waals surface area contributed by atoms with Crippen molar-refractivity contribution in [3.8, 4) is 0 Å². The summed E-state index contributed by atoms with van der Waals surface area (Å²) < 4.78 is 0. The number of hydrogen-bond donors (Lipinski definition) is 1. The van der Waals surface area contributed by atoms with Gasteiger partial charge in [-0.15, -0.1) is 0 Å². The van der Waals surface area contributed by atoms with Gasteiger partial charge in [0.2, 0.25) is 0 Å². The van der Waals surface area contributed by atoms with Crippen LogP contribution in [0.1, 0.15) is 66.2 Å². The Morgan fingerprint density at radius 3 is 2.29 bits per heavy atom. The topological polar surface area (TPSA) is 20.2 Å². The van der Waals surface area contributed by atoms with E-state index in [4.69, 9.17) is 5.11 Å². The highest BCUT2D eigenvalue weighted by Crippen LogP contribution is 2.30. The Morgan fingerprint density at radius 2 is 1.79 bits per heavy atom. The average Bonchev–Trinajstić information content (AvgIpc) is 2.13. The molecule has 0 saturated heterocycles. The summed E-state index contributed by atoms with van der Waals surface area (Å²) in [6, 6.07) is 0. The van der Waals surface area contributed by atoms with E-state index in [9.17, 15) is 0 Å². The second-order valence-corrected chi connectivity index (χ2v) is 5.42. The van der Waals surface area contributed by atoms with Crippen LogP contribution in [-0.2, 0) is 0 Å². The Kier molecular flexibility index (Phi) is 7.26. The Balaban J connectivity index is 3.63. The van der Waals surface area contributed by atoms with Crippen molar-refractivity contribution in [1.82, 2.24) is 0 Å². The number of aliphatic hydroxyl groups is 1. The van der Waals surface area contributed by atoms with Crippen molar-refractivity contribution >= 4 is 0 Å². The van der Waals surface area contributed by atoms with E-state index in [1.807, 2.05) is 0 Å². The zero-order chi connectivity index (χ0) is 11.0. The van der Waals surface area contributed by atoms with Crippen molar-refractivity contribution in [2.45, 2.75) is 66.2 Å². The van der Waals surface area contributed by atoms with Gasteiger partial charge >= 0.3 is 0 Å². The quantitative estimate of drug-likeness (QED) is 0.628. The van der Waals surface area contributed by atoms with E-state index in [1.165, 1.54) is 32.1 Å². The lowest BCUT2D eigenvalue weighted by atomic mass is 9.80. The van der Waals surface area contributed by atoms with Gasteiger partial charge in [-0.3, -0.25) is 0 Å². The fourth-order valence-electron chi connectivity index (χ4n) is 1.78. The summed E-state index contributed by atoms with van der Waals surface area (Å²) in [5.74, 6) is 0.681. The molecule has 0 bridgehead atoms. The van der Waals surface area contributed by atoms with E-state index in [-0.39, 0.29) is 0 Å². The summed E-state index contributed by atoms with van der Waals surface area (Å²) in [4.78, 5) is 0. The zero-order valence-corrected chi connectivity index (χ0v) is 10.5. The molecule has 0 heterocycles. The van der Waals surface area contributed by atoms with Crippen LogP contribution >= 0.6 is 0 Å². The molecule has 1 heteroatoms. The Labute approximate surface area is 89.9 Å². The molecule has 1 N–H and O–H groups in total. The largest absolute Gasteiger partial charge is 0.396 e. The van der Waals surface area contributed by atoms with Gasteiger partial charge in [0.05, 0.1) is 0 Å². The predicted molar refractivity (Wildman–Crippen MR) is 63.4 cm³/mol. The van der Waals surface area contributed by atoms with Gasteiger partial charge in [-0.05, 0) is 30.6 Å². The van der Waals surface area contributed by atoms with Crippen molar-refractivity contribution < 1.29 is 5.11 Å². The number of aliphatic hydroxyl groups excluding tert-OH is 1. The molecule has 0 aliphatic heterocycles. The standard InChI is InChI=1S/C13H28O/c1-5-6-9-13(3,4)10-7-12(2)8-11-14/h12,14H,5-11H2,1-4H3. The molecular formula is C13H28O. The summed E-state index contributed by atoms with van der Waals surface area (Å²) in [6.45, 7) is 9.58. The normalized spacial score (nSPS) is 14.4. The number of unbranched alkanes of at least 4 members (excludes halogenated alkanes) is 1. The van der Waals surface area contributed by atoms with Crippen LogP contribution in [0.4, 0.5) is 0 Å². The van der Waals surface area contributed by atoms with Crippen LogP contribution in [0.5, 0.6) is 0 Å². The molecule has 0 aliphatic rings. The van der Waals surface area contributed by atoms with Crippen LogP contribution in [0.2, 0.25) is 0 Å². The van der Waals surface area contributed by atoms with Gasteiger partial charge in [0.25, 0.3) is 0 Å². The monoisotopic (exact) mass is 200 g/mol. The van der Waals surface area contributed by atoms with Crippen LogP contribution in [0, 0.1) is 11.3 Å². The van der Waals surface area contributed by atoms with Gasteiger partial charge in [0, 0.05) is 6.61 Å². The summed E-state index contributed by atoms with van der Waals surface area (Å²) in [5, 5.41) is 8.81. The van der Waals surface area contributed by atoms with E-state index in [0.29, 0.717) is 17.9 Å². The van der Waals surface area contributed by atoms with E-state index in [2.05, 4.69) is 27.7 Å². The van der Waals surface area contributed by atoms with Gasteiger partial charge in [-0.25, -0.2) is 0 Å². The van der Waals surface area contributed by atoms with E-state index < -0.39 is 0 Å². The lowest BCUT2D eigenvalue weighted by molar-refractivity contribution is 0.229. The van der Waals surface area contributed by atoms with Gasteiger partial charge in [0.1, 0.15) is 0 Å². The first-order chi connectivity index (χ1) is 6.52. The molecule has 0 amide bonds. The highest BCUT2D eigenvalue weighted by molar-refractivity contribution is 4.69. The summed E-state index contributed by atoms with van der Waals surface area (Å²) >= 11 is 0. The Hall–Kier alpha value is -0.0400. The molecule has 1 unspecified atom stereocenters. The minimum absolute atomic E-state index is 0.344. The Bertz CT molecular complexity index is 129. The molecule has 0 saturated carbocycles. The van der Waals surface area contributed by atoms with E-state index in [0.717, 1.165) is 6.42 Å². The predicted octanol–water partition coefficient (Wildman–Crippen LogP) is 4.00. The molecule has 0 aromatic heterocycles. The van der Waals surface area contributed by atoms with Crippen LogP contribution in [0.3, 0.4) is 0 Å². The van der Waals surface area contributed by atoms with Crippen LogP contribution in [0.25, 0.3) is 0 Å². The maximum absolute atomic E-state index is 8.81. The van der Waals surface area contributed by atoms with E-state index >= 15 is 0 Å². The summed E-state index contributed by atoms with van der Waals surface area (Å²) in [7, 11) is 0. The fourth-order valence-corrected chi connectivity index (χ4v) is 1.78. The van der Waals surface area contributed by atoms with Crippen LogP contribution in [-0.4, -0.2) is 11.7 Å². The molecular weight excluding hydrogens is 172 g/mol. The number of rotatable bonds is 8. The molecule has 86 valence electrons. The lowest BCUT2D eigenvalue weighted by Crippen LogP contribution is -2.13. The van der Waals surface area contributed by atoms with Crippen molar-refractivity contribution in [2.24, 2.45) is 11.3 Å². The molecule has 0 rings (SSSR count). The zero-order valence-electron chi connectivity index (χ0n) is 10.5. The molecule has 0 aromatic rings. The smallest absolute Gasteiger partial charge is 0.0433 e. The maximum Gasteiger partial charge on any atom is 0.0433 e.